The zero-order valence-corrected chi connectivity index (χ0v) is 30.4. The van der Waals surface area contributed by atoms with Gasteiger partial charge in [-0.1, -0.05) is 216 Å². The molecule has 0 amide bonds. The van der Waals surface area contributed by atoms with Crippen LogP contribution in [0.5, 0.6) is 0 Å². The molecular weight excluding hydrogens is 568 g/mol. The molecule has 0 spiro atoms. The van der Waals surface area contributed by atoms with E-state index < -0.39 is 6.29 Å². The zero-order chi connectivity index (χ0) is 30.3. The number of unbranched alkanes of at least 4 members (excludes halogenated alkanes) is 26. The van der Waals surface area contributed by atoms with Gasteiger partial charge < -0.3 is 9.84 Å². The van der Waals surface area contributed by atoms with Gasteiger partial charge in [-0.15, -0.1) is 0 Å². The van der Waals surface area contributed by atoms with Crippen LogP contribution in [-0.2, 0) is 4.74 Å². The van der Waals surface area contributed by atoms with Crippen LogP contribution in [0.15, 0.2) is 0 Å². The van der Waals surface area contributed by atoms with Gasteiger partial charge in [-0.2, -0.15) is 0 Å². The Morgan fingerprint density at radius 2 is 0.707 bits per heavy atom. The molecule has 248 valence electrons. The highest BCUT2D eigenvalue weighted by Gasteiger charge is 2.35. The topological polar surface area (TPSA) is 29.5 Å². The Kier molecular flexibility index (Phi) is 32.1. The molecule has 0 radical (unpaired) electrons. The Hall–Kier alpha value is 0.400. The highest BCUT2D eigenvalue weighted by Crippen LogP contribution is 2.38. The smallest absolute Gasteiger partial charge is 0.152 e. The van der Waals surface area contributed by atoms with Crippen LogP contribution < -0.4 is 0 Å². The summed E-state index contributed by atoms with van der Waals surface area (Å²) in [5.74, 6) is 0. The van der Waals surface area contributed by atoms with Gasteiger partial charge in [-0.3, -0.25) is 0 Å². The average molecular weight is 646 g/mol. The van der Waals surface area contributed by atoms with E-state index in [-0.39, 0.29) is 10.4 Å². The fourth-order valence-corrected chi connectivity index (χ4v) is 7.49. The summed E-state index contributed by atoms with van der Waals surface area (Å²) >= 11 is 4.18. The molecule has 2 unspecified atom stereocenters. The van der Waals surface area contributed by atoms with Gasteiger partial charge in [-0.25, -0.2) is 0 Å². The molecule has 0 aliphatic heterocycles. The van der Waals surface area contributed by atoms with Crippen molar-refractivity contribution in [1.82, 2.24) is 0 Å². The molecule has 0 aromatic heterocycles. The van der Waals surface area contributed by atoms with E-state index in [1.165, 1.54) is 180 Å². The van der Waals surface area contributed by atoms with E-state index in [1.807, 2.05) is 0 Å². The lowest BCUT2D eigenvalue weighted by Crippen LogP contribution is -2.40. The molecule has 2 atom stereocenters. The molecule has 0 heterocycles. The minimum absolute atomic E-state index is 0.00694. The quantitative estimate of drug-likeness (QED) is 0.0429. The van der Waals surface area contributed by atoms with Gasteiger partial charge in [0.15, 0.2) is 6.29 Å². The lowest BCUT2D eigenvalue weighted by molar-refractivity contribution is -0.136. The van der Waals surface area contributed by atoms with Crippen molar-refractivity contribution in [3.8, 4) is 0 Å². The first-order valence-corrected chi connectivity index (χ1v) is 19.8. The first kappa shape index (κ1) is 41.4. The molecule has 3 heteroatoms. The van der Waals surface area contributed by atoms with Crippen LogP contribution in [0, 0.1) is 0 Å². The maximum Gasteiger partial charge on any atom is 0.152 e. The fraction of sp³-hybridized carbons (Fsp3) is 1.00. The van der Waals surface area contributed by atoms with Crippen molar-refractivity contribution in [1.29, 1.82) is 0 Å². The van der Waals surface area contributed by atoms with E-state index in [0.717, 1.165) is 19.3 Å². The Bertz CT molecular complexity index is 463. The molecule has 0 fully saturated rings. The van der Waals surface area contributed by atoms with Crippen molar-refractivity contribution in [2.75, 3.05) is 0 Å². The summed E-state index contributed by atoms with van der Waals surface area (Å²) in [5, 5.41) is 9.96. The largest absolute Gasteiger partial charge is 0.368 e. The van der Waals surface area contributed by atoms with Gasteiger partial charge in [0.25, 0.3) is 0 Å². The lowest BCUT2D eigenvalue weighted by Gasteiger charge is -2.36. The van der Waals surface area contributed by atoms with E-state index in [4.69, 9.17) is 4.74 Å². The predicted molar refractivity (Wildman–Crippen MR) is 188 cm³/mol. The van der Waals surface area contributed by atoms with Crippen molar-refractivity contribution >= 4 is 15.9 Å². The van der Waals surface area contributed by atoms with Crippen molar-refractivity contribution in [3.63, 3.8) is 0 Å². The summed E-state index contributed by atoms with van der Waals surface area (Å²) in [6, 6.07) is 0. The minimum atomic E-state index is -0.690. The third-order valence-corrected chi connectivity index (χ3v) is 10.5. The number of alkyl halides is 1. The number of rotatable bonds is 34. The first-order valence-electron chi connectivity index (χ1n) is 19.0. The number of aliphatic hydroxyl groups is 1. The van der Waals surface area contributed by atoms with Gasteiger partial charge in [0.1, 0.15) is 0 Å². The molecule has 0 saturated heterocycles. The molecule has 2 nitrogen and oxygen atoms in total. The molecule has 0 rings (SSSR count). The zero-order valence-electron chi connectivity index (χ0n) is 28.8. The monoisotopic (exact) mass is 645 g/mol. The van der Waals surface area contributed by atoms with Crippen LogP contribution in [0.25, 0.3) is 0 Å². The third kappa shape index (κ3) is 27.7. The molecular formula is C38H77BrO2. The van der Waals surface area contributed by atoms with E-state index >= 15 is 0 Å². The second-order valence-electron chi connectivity index (χ2n) is 13.4. The standard InChI is InChI=1S/C38H77BrO2/c1-5-8-10-12-14-16-18-20-22-24-26-28-30-32-34-38(39,37(7-3)41-36(4)40)35-33-31-29-27-25-23-21-19-17-15-13-11-9-6-2/h36-37,40H,5-35H2,1-4H3. The fourth-order valence-electron chi connectivity index (χ4n) is 6.50. The van der Waals surface area contributed by atoms with Crippen LogP contribution >= 0.6 is 15.9 Å². The third-order valence-electron chi connectivity index (χ3n) is 9.20. The maximum atomic E-state index is 9.96. The Balaban J connectivity index is 4.00. The van der Waals surface area contributed by atoms with E-state index in [9.17, 15) is 5.11 Å². The number of hydrogen-bond donors (Lipinski definition) is 1. The lowest BCUT2D eigenvalue weighted by atomic mass is 9.88. The highest BCUT2D eigenvalue weighted by molar-refractivity contribution is 9.10. The average Bonchev–Trinajstić information content (AvgIpc) is 2.96. The van der Waals surface area contributed by atoms with E-state index in [0.29, 0.717) is 0 Å². The second kappa shape index (κ2) is 31.8. The maximum absolute atomic E-state index is 9.96. The van der Waals surface area contributed by atoms with Crippen molar-refractivity contribution in [3.05, 3.63) is 0 Å². The molecule has 41 heavy (non-hydrogen) atoms. The number of hydrogen-bond acceptors (Lipinski definition) is 2. The van der Waals surface area contributed by atoms with Crippen molar-refractivity contribution in [2.45, 2.75) is 243 Å². The van der Waals surface area contributed by atoms with Gasteiger partial charge in [-0.05, 0) is 26.2 Å². The second-order valence-corrected chi connectivity index (χ2v) is 14.9. The summed E-state index contributed by atoms with van der Waals surface area (Å²) in [6.45, 7) is 8.56. The predicted octanol–water partition coefficient (Wildman–Crippen LogP) is 14.0. The molecule has 0 aromatic rings. The van der Waals surface area contributed by atoms with E-state index in [2.05, 4.69) is 36.7 Å². The summed E-state index contributed by atoms with van der Waals surface area (Å²) in [5.41, 5.74) is 0. The van der Waals surface area contributed by atoms with Gasteiger partial charge in [0.2, 0.25) is 0 Å². The summed E-state index contributed by atoms with van der Waals surface area (Å²) in [7, 11) is 0. The number of halogens is 1. The Morgan fingerprint density at radius 3 is 0.927 bits per heavy atom. The normalized spacial score (nSPS) is 13.6. The molecule has 0 bridgehead atoms. The molecule has 0 aromatic carbocycles. The molecule has 0 aliphatic rings. The first-order chi connectivity index (χ1) is 20.0. The SMILES string of the molecule is CCCCCCCCCCCCCCCCC(Br)(CCCCCCCCCCCCCCCC)C(CC)OC(C)O. The van der Waals surface area contributed by atoms with Gasteiger partial charge >= 0.3 is 0 Å². The molecule has 0 saturated carbocycles. The van der Waals surface area contributed by atoms with Crippen LogP contribution in [0.3, 0.4) is 0 Å². The van der Waals surface area contributed by atoms with Gasteiger partial charge in [0, 0.05) is 0 Å². The molecule has 1 N–H and O–H groups in total. The Labute approximate surface area is 268 Å². The molecule has 0 aliphatic carbocycles. The number of aliphatic hydroxyl groups excluding tert-OH is 1. The number of ether oxygens (including phenoxy) is 1. The summed E-state index contributed by atoms with van der Waals surface area (Å²) < 4.78 is 6.02. The van der Waals surface area contributed by atoms with Crippen LogP contribution in [-0.4, -0.2) is 21.8 Å². The highest BCUT2D eigenvalue weighted by atomic mass is 79.9. The van der Waals surface area contributed by atoms with Crippen LogP contribution in [0.2, 0.25) is 0 Å². The van der Waals surface area contributed by atoms with Crippen LogP contribution in [0.1, 0.15) is 227 Å². The van der Waals surface area contributed by atoms with Crippen LogP contribution in [0.4, 0.5) is 0 Å². The summed E-state index contributed by atoms with van der Waals surface area (Å²) in [4.78, 5) is 0. The summed E-state index contributed by atoms with van der Waals surface area (Å²) in [6.07, 6.45) is 41.9. The minimum Gasteiger partial charge on any atom is -0.368 e. The van der Waals surface area contributed by atoms with Crippen molar-refractivity contribution in [2.24, 2.45) is 0 Å². The Morgan fingerprint density at radius 1 is 0.463 bits per heavy atom. The van der Waals surface area contributed by atoms with Crippen molar-refractivity contribution < 1.29 is 9.84 Å². The van der Waals surface area contributed by atoms with Gasteiger partial charge in [0.05, 0.1) is 10.4 Å². The van der Waals surface area contributed by atoms with E-state index in [1.54, 1.807) is 6.92 Å².